The normalized spacial score (nSPS) is 19.1. The minimum atomic E-state index is -1.21. The number of aliphatic carboxylic acids is 1. The molecule has 0 spiro atoms. The first-order valence-corrected chi connectivity index (χ1v) is 13.3. The van der Waals surface area contributed by atoms with E-state index in [1.54, 1.807) is 13.8 Å². The van der Waals surface area contributed by atoms with Crippen molar-refractivity contribution >= 4 is 54.0 Å². The lowest BCUT2D eigenvalue weighted by molar-refractivity contribution is -0.144. The Hall–Kier alpha value is -1.99. The summed E-state index contributed by atoms with van der Waals surface area (Å²) in [7, 11) is 0. The summed E-state index contributed by atoms with van der Waals surface area (Å²) >= 11 is 5.45. The van der Waals surface area contributed by atoms with Gasteiger partial charge in [-0.2, -0.15) is 24.4 Å². The van der Waals surface area contributed by atoms with Crippen LogP contribution in [0.4, 0.5) is 0 Å². The maximum Gasteiger partial charge on any atom is 0.327 e. The van der Waals surface area contributed by atoms with Crippen molar-refractivity contribution in [1.82, 2.24) is 20.9 Å². The summed E-state index contributed by atoms with van der Waals surface area (Å²) in [6.45, 7) is 5.43. The second-order valence-corrected chi connectivity index (χ2v) is 9.97. The summed E-state index contributed by atoms with van der Waals surface area (Å²) in [6.07, 6.45) is 3.20. The average molecular weight is 520 g/mol. The molecule has 1 rings (SSSR count). The van der Waals surface area contributed by atoms with E-state index >= 15 is 0 Å². The van der Waals surface area contributed by atoms with Crippen LogP contribution in [0, 0.1) is 5.92 Å². The molecule has 1 saturated heterocycles. The molecule has 34 heavy (non-hydrogen) atoms. The quantitative estimate of drug-likeness (QED) is 0.172. The molecule has 1 aliphatic heterocycles. The Balaban J connectivity index is 2.83. The van der Waals surface area contributed by atoms with Crippen molar-refractivity contribution in [2.45, 2.75) is 70.2 Å². The maximum atomic E-state index is 13.0. The fraction of sp³-hybridized carbons (Fsp3) is 0.762. The van der Waals surface area contributed by atoms with Gasteiger partial charge in [0.25, 0.3) is 0 Å². The number of rotatable bonds is 13. The third kappa shape index (κ3) is 8.66. The van der Waals surface area contributed by atoms with E-state index in [1.165, 1.54) is 23.6 Å². The number of thiol groups is 1. The molecule has 0 aromatic rings. The molecule has 0 aromatic heterocycles. The van der Waals surface area contributed by atoms with Gasteiger partial charge in [0.1, 0.15) is 24.2 Å². The molecule has 11 nitrogen and oxygen atoms in total. The molecule has 0 aliphatic carbocycles. The molecule has 0 saturated carbocycles. The smallest absolute Gasteiger partial charge is 0.327 e. The molecule has 1 fully saturated rings. The van der Waals surface area contributed by atoms with Gasteiger partial charge in [-0.05, 0) is 44.1 Å². The van der Waals surface area contributed by atoms with E-state index in [2.05, 4.69) is 28.6 Å². The number of hydrogen-bond donors (Lipinski definition) is 6. The molecule has 6 N–H and O–H groups in total. The number of carbonyl (C=O) groups excluding carboxylic acids is 4. The number of nitrogens with one attached hydrogen (secondary N) is 3. The van der Waals surface area contributed by atoms with Crippen molar-refractivity contribution in [3.8, 4) is 0 Å². The van der Waals surface area contributed by atoms with Gasteiger partial charge in [0.15, 0.2) is 0 Å². The highest BCUT2D eigenvalue weighted by Crippen LogP contribution is 2.19. The number of carboxylic acids is 1. The predicted octanol–water partition coefficient (Wildman–Crippen LogP) is -0.797. The second-order valence-electron chi connectivity index (χ2n) is 8.61. The first-order valence-electron chi connectivity index (χ1n) is 11.2. The van der Waals surface area contributed by atoms with Crippen LogP contribution in [0.1, 0.15) is 40.0 Å². The van der Waals surface area contributed by atoms with E-state index < -0.39 is 59.8 Å². The number of hydrogen-bond acceptors (Lipinski definition) is 8. The summed E-state index contributed by atoms with van der Waals surface area (Å²) in [5.74, 6) is -2.78. The SMILES string of the molecule is CSCC[C@H](NC(=O)[C@@H](N)C(C)C)C(=O)N[C@@H](C)C(=O)N1CCC[C@H]1C(=O)N[C@@H](CS)C(=O)O. The van der Waals surface area contributed by atoms with E-state index in [-0.39, 0.29) is 11.7 Å². The van der Waals surface area contributed by atoms with Crippen molar-refractivity contribution in [2.24, 2.45) is 11.7 Å². The van der Waals surface area contributed by atoms with Gasteiger partial charge < -0.3 is 31.7 Å². The molecule has 0 radical (unpaired) electrons. The molecule has 5 atom stereocenters. The van der Waals surface area contributed by atoms with Crippen LogP contribution in [0.2, 0.25) is 0 Å². The third-order valence-electron chi connectivity index (χ3n) is 5.63. The predicted molar refractivity (Wildman–Crippen MR) is 134 cm³/mol. The van der Waals surface area contributed by atoms with Gasteiger partial charge in [0, 0.05) is 12.3 Å². The Morgan fingerprint density at radius 1 is 1.09 bits per heavy atom. The minimum absolute atomic E-state index is 0.0855. The highest BCUT2D eigenvalue weighted by atomic mass is 32.2. The Morgan fingerprint density at radius 3 is 2.26 bits per heavy atom. The van der Waals surface area contributed by atoms with Gasteiger partial charge in [-0.3, -0.25) is 19.2 Å². The van der Waals surface area contributed by atoms with Crippen molar-refractivity contribution in [1.29, 1.82) is 0 Å². The zero-order valence-electron chi connectivity index (χ0n) is 20.1. The van der Waals surface area contributed by atoms with Crippen LogP contribution < -0.4 is 21.7 Å². The summed E-state index contributed by atoms with van der Waals surface area (Å²) in [4.78, 5) is 63.4. The standard InChI is InChI=1S/C21H37N5O6S2/c1-11(2)16(22)19(29)24-13(7-9-34-4)17(27)23-12(3)20(30)26-8-5-6-15(26)18(28)25-14(10-33)21(31)32/h11-16,33H,5-10,22H2,1-4H3,(H,23,27)(H,24,29)(H,25,28)(H,31,32)/t12-,13-,14-,15-,16-/m0/s1. The Labute approximate surface area is 210 Å². The third-order valence-corrected chi connectivity index (χ3v) is 6.64. The number of carboxylic acid groups (broad SMARTS) is 1. The lowest BCUT2D eigenvalue weighted by atomic mass is 10.0. The summed E-state index contributed by atoms with van der Waals surface area (Å²) in [5.41, 5.74) is 5.89. The van der Waals surface area contributed by atoms with Crippen LogP contribution in [0.5, 0.6) is 0 Å². The highest BCUT2D eigenvalue weighted by Gasteiger charge is 2.38. The molecule has 0 aromatic carbocycles. The van der Waals surface area contributed by atoms with Crippen LogP contribution in [-0.4, -0.2) is 94.1 Å². The average Bonchev–Trinajstić information content (AvgIpc) is 3.28. The summed E-state index contributed by atoms with van der Waals surface area (Å²) < 4.78 is 0. The van der Waals surface area contributed by atoms with Crippen molar-refractivity contribution in [3.63, 3.8) is 0 Å². The van der Waals surface area contributed by atoms with E-state index in [0.717, 1.165) is 0 Å². The highest BCUT2D eigenvalue weighted by molar-refractivity contribution is 7.98. The van der Waals surface area contributed by atoms with Gasteiger partial charge >= 0.3 is 5.97 Å². The molecular formula is C21H37N5O6S2. The molecule has 1 heterocycles. The number of nitrogens with zero attached hydrogens (tertiary/aromatic N) is 1. The first kappa shape index (κ1) is 30.0. The van der Waals surface area contributed by atoms with Crippen LogP contribution in [0.3, 0.4) is 0 Å². The van der Waals surface area contributed by atoms with Crippen LogP contribution in [0.25, 0.3) is 0 Å². The van der Waals surface area contributed by atoms with Crippen LogP contribution in [0.15, 0.2) is 0 Å². The zero-order chi connectivity index (χ0) is 26.0. The minimum Gasteiger partial charge on any atom is -0.480 e. The molecular weight excluding hydrogens is 482 g/mol. The van der Waals surface area contributed by atoms with E-state index in [9.17, 15) is 24.0 Å². The monoisotopic (exact) mass is 519 g/mol. The maximum absolute atomic E-state index is 13.0. The summed E-state index contributed by atoms with van der Waals surface area (Å²) in [5, 5.41) is 16.8. The lowest BCUT2D eigenvalue weighted by Gasteiger charge is -2.29. The molecule has 1 aliphatic rings. The second kappa shape index (κ2) is 14.4. The van der Waals surface area contributed by atoms with Gasteiger partial charge in [0.05, 0.1) is 6.04 Å². The van der Waals surface area contributed by atoms with Crippen molar-refractivity contribution < 1.29 is 29.1 Å². The molecule has 13 heteroatoms. The Kier molecular flexibility index (Phi) is 12.7. The fourth-order valence-electron chi connectivity index (χ4n) is 3.46. The van der Waals surface area contributed by atoms with E-state index in [4.69, 9.17) is 10.8 Å². The lowest BCUT2D eigenvalue weighted by Crippen LogP contribution is -2.58. The van der Waals surface area contributed by atoms with Crippen LogP contribution >= 0.6 is 24.4 Å². The molecule has 0 unspecified atom stereocenters. The van der Waals surface area contributed by atoms with Crippen molar-refractivity contribution in [2.75, 3.05) is 24.3 Å². The van der Waals surface area contributed by atoms with Crippen LogP contribution in [-0.2, 0) is 24.0 Å². The largest absolute Gasteiger partial charge is 0.480 e. The topological polar surface area (TPSA) is 171 Å². The van der Waals surface area contributed by atoms with Crippen molar-refractivity contribution in [3.05, 3.63) is 0 Å². The van der Waals surface area contributed by atoms with Gasteiger partial charge in [-0.25, -0.2) is 4.79 Å². The first-order chi connectivity index (χ1) is 15.9. The number of amides is 4. The molecule has 0 bridgehead atoms. The van der Waals surface area contributed by atoms with Gasteiger partial charge in [-0.1, -0.05) is 13.8 Å². The van der Waals surface area contributed by atoms with E-state index in [0.29, 0.717) is 31.6 Å². The Morgan fingerprint density at radius 2 is 1.74 bits per heavy atom. The summed E-state index contributed by atoms with van der Waals surface area (Å²) in [6, 6.07) is -4.56. The number of carbonyl (C=O) groups is 5. The number of thioether (sulfide) groups is 1. The molecule has 4 amide bonds. The van der Waals surface area contributed by atoms with E-state index in [1.807, 2.05) is 6.26 Å². The van der Waals surface area contributed by atoms with Gasteiger partial charge in [0.2, 0.25) is 23.6 Å². The Bertz CT molecular complexity index is 753. The zero-order valence-corrected chi connectivity index (χ0v) is 21.8. The molecule has 194 valence electrons. The van der Waals surface area contributed by atoms with Gasteiger partial charge in [-0.15, -0.1) is 0 Å². The number of nitrogens with two attached hydrogens (primary N) is 1. The number of likely N-dealkylation sites (tertiary alicyclic amines) is 1. The fourth-order valence-corrected chi connectivity index (χ4v) is 4.17.